The molecule has 1 atom stereocenters. The monoisotopic (exact) mass is 181 g/mol. The van der Waals surface area contributed by atoms with Crippen LogP contribution in [0.2, 0.25) is 0 Å². The molecule has 0 radical (unpaired) electrons. The minimum absolute atomic E-state index is 0.204. The number of aliphatic hydroxyl groups excluding tert-OH is 1. The second-order valence-corrected chi connectivity index (χ2v) is 2.77. The summed E-state index contributed by atoms with van der Waals surface area (Å²) in [5.41, 5.74) is 8.99. The summed E-state index contributed by atoms with van der Waals surface area (Å²) in [6.07, 6.45) is 0. The summed E-state index contributed by atoms with van der Waals surface area (Å²) in [5.74, 6) is 1.43. The molecule has 5 heteroatoms. The zero-order chi connectivity index (χ0) is 9.84. The van der Waals surface area contributed by atoms with Crippen LogP contribution < -0.4 is 0 Å². The highest BCUT2D eigenvalue weighted by Gasteiger charge is 2.14. The van der Waals surface area contributed by atoms with Crippen LogP contribution in [-0.2, 0) is 0 Å². The molecule has 1 aromatic rings. The predicted octanol–water partition coefficient (Wildman–Crippen LogP) is 2.24. The van der Waals surface area contributed by atoms with Gasteiger partial charge >= 0.3 is 0 Å². The maximum Gasteiger partial charge on any atom is 0.104 e. The van der Waals surface area contributed by atoms with Gasteiger partial charge in [-0.15, -0.1) is 0 Å². The van der Waals surface area contributed by atoms with Crippen LogP contribution in [0.15, 0.2) is 15.6 Å². The van der Waals surface area contributed by atoms with E-state index in [2.05, 4.69) is 10.0 Å². The third-order valence-corrected chi connectivity index (χ3v) is 1.80. The molecule has 1 aromatic heterocycles. The molecular weight excluding hydrogens is 170 g/mol. The largest absolute Gasteiger partial charge is 0.466 e. The van der Waals surface area contributed by atoms with Gasteiger partial charge in [-0.05, 0) is 25.4 Å². The van der Waals surface area contributed by atoms with E-state index in [9.17, 15) is 0 Å². The Bertz CT molecular complexity index is 339. The molecule has 0 aromatic carbocycles. The molecule has 0 aliphatic heterocycles. The Morgan fingerprint density at radius 2 is 2.38 bits per heavy atom. The molecule has 1 N–H and O–H groups in total. The number of aryl methyl sites for hydroxylation is 2. The molecule has 1 unspecified atom stereocenters. The van der Waals surface area contributed by atoms with Crippen molar-refractivity contribution in [3.63, 3.8) is 0 Å². The minimum atomic E-state index is -0.539. The van der Waals surface area contributed by atoms with Crippen molar-refractivity contribution in [1.29, 1.82) is 0 Å². The van der Waals surface area contributed by atoms with Gasteiger partial charge in [-0.1, -0.05) is 5.11 Å². The van der Waals surface area contributed by atoms with Gasteiger partial charge in [0.1, 0.15) is 11.5 Å². The number of hydrogen-bond donors (Lipinski definition) is 1. The molecule has 0 saturated carbocycles. The molecule has 0 spiro atoms. The third-order valence-electron chi connectivity index (χ3n) is 1.80. The van der Waals surface area contributed by atoms with Crippen LogP contribution in [0.25, 0.3) is 10.4 Å². The van der Waals surface area contributed by atoms with Crippen molar-refractivity contribution in [2.75, 3.05) is 6.61 Å². The average Bonchev–Trinajstić information content (AvgIpc) is 2.41. The summed E-state index contributed by atoms with van der Waals surface area (Å²) in [6, 6.07) is 1.23. The smallest absolute Gasteiger partial charge is 0.104 e. The lowest BCUT2D eigenvalue weighted by atomic mass is 10.1. The summed E-state index contributed by atoms with van der Waals surface area (Å²) < 4.78 is 5.25. The van der Waals surface area contributed by atoms with Gasteiger partial charge in [0, 0.05) is 10.5 Å². The van der Waals surface area contributed by atoms with Gasteiger partial charge in [-0.25, -0.2) is 0 Å². The van der Waals surface area contributed by atoms with Crippen LogP contribution in [0.5, 0.6) is 0 Å². The van der Waals surface area contributed by atoms with E-state index in [1.807, 2.05) is 0 Å². The number of rotatable bonds is 3. The lowest BCUT2D eigenvalue weighted by molar-refractivity contribution is 0.266. The maximum atomic E-state index is 8.94. The van der Waals surface area contributed by atoms with Gasteiger partial charge in [0.15, 0.2) is 0 Å². The van der Waals surface area contributed by atoms with E-state index >= 15 is 0 Å². The van der Waals surface area contributed by atoms with E-state index in [1.165, 1.54) is 0 Å². The Kier molecular flexibility index (Phi) is 2.95. The van der Waals surface area contributed by atoms with Crippen molar-refractivity contribution in [2.24, 2.45) is 5.11 Å². The Hall–Kier alpha value is -1.45. The zero-order valence-corrected chi connectivity index (χ0v) is 7.56. The highest BCUT2D eigenvalue weighted by Crippen LogP contribution is 2.24. The fourth-order valence-corrected chi connectivity index (χ4v) is 1.24. The van der Waals surface area contributed by atoms with Crippen LogP contribution in [0, 0.1) is 13.8 Å². The third kappa shape index (κ3) is 2.02. The standard InChI is InChI=1S/C8H11N3O2/c1-5-3-7(6(2)13-5)8(4-12)10-11-9/h3,8,12H,4H2,1-2H3. The summed E-state index contributed by atoms with van der Waals surface area (Å²) in [5, 5.41) is 12.4. The molecule has 0 amide bonds. The first-order valence-electron chi connectivity index (χ1n) is 3.91. The Morgan fingerprint density at radius 1 is 1.69 bits per heavy atom. The van der Waals surface area contributed by atoms with Gasteiger partial charge in [-0.3, -0.25) is 0 Å². The van der Waals surface area contributed by atoms with Crippen molar-refractivity contribution in [1.82, 2.24) is 0 Å². The second-order valence-electron chi connectivity index (χ2n) is 2.77. The van der Waals surface area contributed by atoms with Crippen molar-refractivity contribution in [3.8, 4) is 0 Å². The van der Waals surface area contributed by atoms with Gasteiger partial charge in [-0.2, -0.15) is 0 Å². The summed E-state index contributed by atoms with van der Waals surface area (Å²) >= 11 is 0. The summed E-state index contributed by atoms with van der Waals surface area (Å²) in [6.45, 7) is 3.38. The van der Waals surface area contributed by atoms with Gasteiger partial charge < -0.3 is 9.52 Å². The van der Waals surface area contributed by atoms with E-state index < -0.39 is 6.04 Å². The first-order valence-corrected chi connectivity index (χ1v) is 3.91. The van der Waals surface area contributed by atoms with Gasteiger partial charge in [0.25, 0.3) is 0 Å². The zero-order valence-electron chi connectivity index (χ0n) is 7.56. The van der Waals surface area contributed by atoms with Crippen molar-refractivity contribution >= 4 is 0 Å². The summed E-state index contributed by atoms with van der Waals surface area (Å²) in [4.78, 5) is 2.66. The van der Waals surface area contributed by atoms with Crippen LogP contribution in [0.1, 0.15) is 23.1 Å². The Morgan fingerprint density at radius 3 is 2.77 bits per heavy atom. The van der Waals surface area contributed by atoms with Gasteiger partial charge in [0.05, 0.1) is 12.6 Å². The molecule has 1 heterocycles. The van der Waals surface area contributed by atoms with Gasteiger partial charge in [0.2, 0.25) is 0 Å². The maximum absolute atomic E-state index is 8.94. The molecule has 0 aliphatic rings. The SMILES string of the molecule is Cc1cc(C(CO)N=[N+]=[N-])c(C)o1. The highest BCUT2D eigenvalue weighted by molar-refractivity contribution is 5.24. The number of aliphatic hydroxyl groups is 1. The average molecular weight is 181 g/mol. The Balaban J connectivity index is 3.03. The number of nitrogens with zero attached hydrogens (tertiary/aromatic N) is 3. The first-order chi connectivity index (χ1) is 6.19. The number of azide groups is 1. The highest BCUT2D eigenvalue weighted by atomic mass is 16.3. The van der Waals surface area contributed by atoms with Crippen molar-refractivity contribution in [2.45, 2.75) is 19.9 Å². The lowest BCUT2D eigenvalue weighted by Gasteiger charge is -2.04. The van der Waals surface area contributed by atoms with E-state index in [0.29, 0.717) is 5.76 Å². The second kappa shape index (κ2) is 3.98. The number of hydrogen-bond acceptors (Lipinski definition) is 3. The fraction of sp³-hybridized carbons (Fsp3) is 0.500. The van der Waals surface area contributed by atoms with Crippen LogP contribution in [0.4, 0.5) is 0 Å². The normalized spacial score (nSPS) is 12.2. The molecule has 0 fully saturated rings. The molecule has 0 aliphatic carbocycles. The number of furan rings is 1. The van der Waals surface area contributed by atoms with E-state index in [-0.39, 0.29) is 6.61 Å². The van der Waals surface area contributed by atoms with Crippen LogP contribution in [0.3, 0.4) is 0 Å². The quantitative estimate of drug-likeness (QED) is 0.440. The predicted molar refractivity (Wildman–Crippen MR) is 47.2 cm³/mol. The van der Waals surface area contributed by atoms with Crippen LogP contribution in [-0.4, -0.2) is 11.7 Å². The first kappa shape index (κ1) is 9.64. The molecule has 1 rings (SSSR count). The van der Waals surface area contributed by atoms with E-state index in [1.54, 1.807) is 19.9 Å². The minimum Gasteiger partial charge on any atom is -0.466 e. The molecule has 70 valence electrons. The molecule has 0 saturated heterocycles. The lowest BCUT2D eigenvalue weighted by Crippen LogP contribution is -1.99. The summed E-state index contributed by atoms with van der Waals surface area (Å²) in [7, 11) is 0. The Labute approximate surface area is 75.6 Å². The topological polar surface area (TPSA) is 82.1 Å². The molecule has 0 bridgehead atoms. The van der Waals surface area contributed by atoms with E-state index in [4.69, 9.17) is 15.1 Å². The van der Waals surface area contributed by atoms with Crippen LogP contribution >= 0.6 is 0 Å². The molecule has 5 nitrogen and oxygen atoms in total. The fourth-order valence-electron chi connectivity index (χ4n) is 1.24. The van der Waals surface area contributed by atoms with E-state index in [0.717, 1.165) is 11.3 Å². The molecule has 13 heavy (non-hydrogen) atoms. The van der Waals surface area contributed by atoms with Crippen molar-refractivity contribution < 1.29 is 9.52 Å². The van der Waals surface area contributed by atoms with Crippen molar-refractivity contribution in [3.05, 3.63) is 33.6 Å². The molecular formula is C8H11N3O2.